The highest BCUT2D eigenvalue weighted by atomic mass is 16.3. The van der Waals surface area contributed by atoms with Crippen molar-refractivity contribution < 1.29 is 20.1 Å². The van der Waals surface area contributed by atoms with Crippen LogP contribution in [0.3, 0.4) is 0 Å². The Labute approximate surface area is 318 Å². The van der Waals surface area contributed by atoms with Gasteiger partial charge in [-0.05, 0) is 38.5 Å². The molecule has 0 saturated carbocycles. The fourth-order valence-corrected chi connectivity index (χ4v) is 7.01. The molecule has 1 amide bonds. The average Bonchev–Trinajstić information content (AvgIpc) is 3.13. The molecule has 0 aliphatic heterocycles. The molecule has 0 fully saturated rings. The molecular weight excluding hydrogens is 631 g/mol. The summed E-state index contributed by atoms with van der Waals surface area (Å²) < 4.78 is 0. The normalized spacial score (nSPS) is 13.7. The van der Waals surface area contributed by atoms with E-state index in [2.05, 4.69) is 43.5 Å². The molecular formula is C46H89NO4. The van der Waals surface area contributed by atoms with Crippen LogP contribution in [0, 0.1) is 0 Å². The molecule has 0 heterocycles. The highest BCUT2D eigenvalue weighted by Gasteiger charge is 2.23. The Bertz CT molecular complexity index is 754. The van der Waals surface area contributed by atoms with Gasteiger partial charge < -0.3 is 20.6 Å². The second kappa shape index (κ2) is 41.6. The van der Waals surface area contributed by atoms with Crippen molar-refractivity contribution in [3.8, 4) is 0 Å². The minimum atomic E-state index is -1.09. The molecule has 0 aliphatic rings. The van der Waals surface area contributed by atoms with E-state index in [1.165, 1.54) is 167 Å². The first-order valence-electron chi connectivity index (χ1n) is 22.7. The summed E-state index contributed by atoms with van der Waals surface area (Å²) in [5.74, 6) is -0.481. The van der Waals surface area contributed by atoms with Crippen LogP contribution in [0.4, 0.5) is 0 Å². The Morgan fingerprint density at radius 2 is 0.784 bits per heavy atom. The quantitative estimate of drug-likeness (QED) is 0.0374. The summed E-state index contributed by atoms with van der Waals surface area (Å²) in [5.41, 5.74) is 0. The van der Waals surface area contributed by atoms with Crippen LogP contribution in [0.25, 0.3) is 0 Å². The molecule has 0 rings (SSSR count). The zero-order chi connectivity index (χ0) is 37.3. The lowest BCUT2D eigenvalue weighted by molar-refractivity contribution is -0.131. The van der Waals surface area contributed by atoms with Crippen LogP contribution in [-0.2, 0) is 4.79 Å². The van der Waals surface area contributed by atoms with E-state index in [0.29, 0.717) is 12.8 Å². The lowest BCUT2D eigenvalue weighted by Crippen LogP contribution is -2.49. The zero-order valence-corrected chi connectivity index (χ0v) is 34.2. The van der Waals surface area contributed by atoms with E-state index in [1.807, 2.05) is 0 Å². The van der Waals surface area contributed by atoms with E-state index in [9.17, 15) is 20.1 Å². The third-order valence-electron chi connectivity index (χ3n) is 10.6. The number of nitrogens with one attached hydrogen (secondary N) is 1. The van der Waals surface area contributed by atoms with E-state index in [0.717, 1.165) is 44.9 Å². The molecule has 4 N–H and O–H groups in total. The summed E-state index contributed by atoms with van der Waals surface area (Å²) in [7, 11) is 0. The number of hydrogen-bond acceptors (Lipinski definition) is 4. The highest BCUT2D eigenvalue weighted by Crippen LogP contribution is 2.17. The van der Waals surface area contributed by atoms with Crippen molar-refractivity contribution in [1.29, 1.82) is 0 Å². The maximum absolute atomic E-state index is 12.5. The molecule has 0 bridgehead atoms. The van der Waals surface area contributed by atoms with Crippen LogP contribution >= 0.6 is 0 Å². The largest absolute Gasteiger partial charge is 0.394 e. The van der Waals surface area contributed by atoms with Crippen LogP contribution in [-0.4, -0.2) is 46.1 Å². The first-order valence-corrected chi connectivity index (χ1v) is 22.7. The van der Waals surface area contributed by atoms with Gasteiger partial charge in [0.25, 0.3) is 0 Å². The van der Waals surface area contributed by atoms with Gasteiger partial charge in [0, 0.05) is 0 Å². The maximum atomic E-state index is 12.5. The van der Waals surface area contributed by atoms with Crippen molar-refractivity contribution >= 4 is 5.91 Å². The molecule has 51 heavy (non-hydrogen) atoms. The summed E-state index contributed by atoms with van der Waals surface area (Å²) in [5, 5.41) is 33.3. The topological polar surface area (TPSA) is 89.8 Å². The van der Waals surface area contributed by atoms with Crippen LogP contribution in [0.5, 0.6) is 0 Å². The number of aliphatic hydroxyl groups excluding tert-OH is 3. The molecule has 0 spiro atoms. The first-order chi connectivity index (χ1) is 25.1. The minimum absolute atomic E-state index is 0.317. The number of carbonyl (C=O) groups is 1. The van der Waals surface area contributed by atoms with Crippen molar-refractivity contribution in [1.82, 2.24) is 5.32 Å². The number of rotatable bonds is 41. The van der Waals surface area contributed by atoms with E-state index in [1.54, 1.807) is 0 Å². The van der Waals surface area contributed by atoms with Gasteiger partial charge in [0.15, 0.2) is 0 Å². The van der Waals surface area contributed by atoms with Gasteiger partial charge in [-0.1, -0.05) is 224 Å². The van der Waals surface area contributed by atoms with Gasteiger partial charge in [0.05, 0.1) is 18.8 Å². The molecule has 0 saturated heterocycles. The van der Waals surface area contributed by atoms with Gasteiger partial charge >= 0.3 is 0 Å². The fourth-order valence-electron chi connectivity index (χ4n) is 7.01. The predicted octanol–water partition coefficient (Wildman–Crippen LogP) is 13.0. The highest BCUT2D eigenvalue weighted by molar-refractivity contribution is 5.80. The van der Waals surface area contributed by atoms with Crippen molar-refractivity contribution in [3.63, 3.8) is 0 Å². The van der Waals surface area contributed by atoms with E-state index < -0.39 is 24.2 Å². The van der Waals surface area contributed by atoms with Gasteiger partial charge in [-0.15, -0.1) is 0 Å². The summed E-state index contributed by atoms with van der Waals surface area (Å²) in [6, 6.07) is -0.717. The zero-order valence-electron chi connectivity index (χ0n) is 34.2. The van der Waals surface area contributed by atoms with Gasteiger partial charge in [0.1, 0.15) is 6.10 Å². The van der Waals surface area contributed by atoms with Crippen molar-refractivity contribution in [2.75, 3.05) is 6.61 Å². The van der Waals surface area contributed by atoms with E-state index in [-0.39, 0.29) is 6.61 Å². The number of unbranched alkanes of at least 4 members (excludes halogenated alkanes) is 30. The predicted molar refractivity (Wildman–Crippen MR) is 222 cm³/mol. The SMILES string of the molecule is CCCCC/C=C\C=C/CCCCCCCC(O)C(=O)NC(CO)C(O)CCCCCCCCCCCCCCCCCCCCCCCCC. The second-order valence-corrected chi connectivity index (χ2v) is 15.6. The molecule has 5 heteroatoms. The standard InChI is InChI=1S/C46H89NO4/c1-3-5-7-9-11-13-15-17-19-20-21-22-23-24-25-26-27-29-30-32-34-36-38-40-44(49)43(42-48)47-46(51)45(50)41-39-37-35-33-31-28-18-16-14-12-10-8-6-4-2/h12,14,16,18,43-45,48-50H,3-11,13,15,17,19-42H2,1-2H3,(H,47,51)/b14-12-,18-16-. The third kappa shape index (κ3) is 37.0. The summed E-state index contributed by atoms with van der Waals surface area (Å²) >= 11 is 0. The fraction of sp³-hybridized carbons (Fsp3) is 0.891. The smallest absolute Gasteiger partial charge is 0.249 e. The van der Waals surface area contributed by atoms with Crippen molar-refractivity contribution in [2.24, 2.45) is 0 Å². The Hall–Kier alpha value is -1.17. The summed E-state index contributed by atoms with van der Waals surface area (Å²) in [6.45, 7) is 4.20. The van der Waals surface area contributed by atoms with Crippen LogP contribution in [0.15, 0.2) is 24.3 Å². The van der Waals surface area contributed by atoms with Crippen molar-refractivity contribution in [3.05, 3.63) is 24.3 Å². The van der Waals surface area contributed by atoms with E-state index >= 15 is 0 Å². The average molecular weight is 720 g/mol. The molecule has 302 valence electrons. The number of amides is 1. The van der Waals surface area contributed by atoms with Crippen LogP contribution in [0.1, 0.15) is 239 Å². The van der Waals surface area contributed by atoms with Gasteiger partial charge in [-0.25, -0.2) is 0 Å². The first kappa shape index (κ1) is 49.8. The third-order valence-corrected chi connectivity index (χ3v) is 10.6. The monoisotopic (exact) mass is 720 g/mol. The molecule has 3 unspecified atom stereocenters. The molecule has 0 aromatic carbocycles. The Balaban J connectivity index is 3.59. The number of carbonyl (C=O) groups excluding carboxylic acids is 1. The maximum Gasteiger partial charge on any atom is 0.249 e. The second-order valence-electron chi connectivity index (χ2n) is 15.6. The molecule has 0 aliphatic carbocycles. The molecule has 0 aromatic heterocycles. The van der Waals surface area contributed by atoms with E-state index in [4.69, 9.17) is 0 Å². The van der Waals surface area contributed by atoms with Gasteiger partial charge in [-0.3, -0.25) is 4.79 Å². The number of aliphatic hydroxyl groups is 3. The van der Waals surface area contributed by atoms with Crippen LogP contribution < -0.4 is 5.32 Å². The lowest BCUT2D eigenvalue weighted by Gasteiger charge is -2.23. The number of hydrogen-bond donors (Lipinski definition) is 4. The Kier molecular flexibility index (Phi) is 40.6. The number of allylic oxidation sites excluding steroid dienone is 4. The molecule has 0 radical (unpaired) electrons. The van der Waals surface area contributed by atoms with Crippen LogP contribution in [0.2, 0.25) is 0 Å². The molecule has 0 aromatic rings. The molecule has 3 atom stereocenters. The van der Waals surface area contributed by atoms with Gasteiger partial charge in [0.2, 0.25) is 5.91 Å². The van der Waals surface area contributed by atoms with Gasteiger partial charge in [-0.2, -0.15) is 0 Å². The summed E-state index contributed by atoms with van der Waals surface area (Å²) in [4.78, 5) is 12.5. The van der Waals surface area contributed by atoms with Crippen molar-refractivity contribution in [2.45, 2.75) is 257 Å². The lowest BCUT2D eigenvalue weighted by atomic mass is 10.0. The molecule has 5 nitrogen and oxygen atoms in total. The Morgan fingerprint density at radius 1 is 0.471 bits per heavy atom. The summed E-state index contributed by atoms with van der Waals surface area (Å²) in [6.07, 6.45) is 50.4. The Morgan fingerprint density at radius 3 is 1.18 bits per heavy atom. The minimum Gasteiger partial charge on any atom is -0.394 e.